The van der Waals surface area contributed by atoms with E-state index >= 15 is 0 Å². The molecule has 0 spiro atoms. The highest BCUT2D eigenvalue weighted by atomic mass is 35.5. The SMILES string of the molecule is COc1nc(-c2cccc(-c3cccc(-c4ccn5c(=O)c(CN6CC[C@@H](C(=O)O)C6)c(C)nc5c4)c3Cl)c2Cl)ccc1CNC[C@@H]1CCC(=O)N1. The predicted molar refractivity (Wildman–Crippen MR) is 201 cm³/mol. The number of likely N-dealkylation sites (tertiary alicyclic amines) is 1. The number of benzene rings is 2. The van der Waals surface area contributed by atoms with Crippen molar-refractivity contribution in [2.45, 2.75) is 45.3 Å². The van der Waals surface area contributed by atoms with Crippen LogP contribution in [0.15, 0.2) is 71.7 Å². The number of rotatable bonds is 11. The average Bonchev–Trinajstić information content (AvgIpc) is 3.79. The average molecular weight is 742 g/mol. The van der Waals surface area contributed by atoms with Crippen LogP contribution in [0.3, 0.4) is 0 Å². The Balaban J connectivity index is 1.14. The summed E-state index contributed by atoms with van der Waals surface area (Å²) >= 11 is 14.2. The molecule has 2 aromatic carbocycles. The van der Waals surface area contributed by atoms with Crippen LogP contribution >= 0.6 is 23.2 Å². The number of carboxylic acid groups (broad SMARTS) is 1. The minimum atomic E-state index is -0.807. The first-order valence-corrected chi connectivity index (χ1v) is 18.0. The normalized spacial score (nSPS) is 17.5. The number of fused-ring (bicyclic) bond motifs is 1. The Morgan fingerprint density at radius 3 is 2.42 bits per heavy atom. The van der Waals surface area contributed by atoms with Gasteiger partial charge in [0.1, 0.15) is 5.65 Å². The Kier molecular flexibility index (Phi) is 10.3. The highest BCUT2D eigenvalue weighted by Gasteiger charge is 2.29. The lowest BCUT2D eigenvalue weighted by Crippen LogP contribution is -2.35. The van der Waals surface area contributed by atoms with E-state index in [9.17, 15) is 19.5 Å². The minimum Gasteiger partial charge on any atom is -0.481 e. The zero-order valence-corrected chi connectivity index (χ0v) is 30.3. The van der Waals surface area contributed by atoms with Crippen LogP contribution in [0.5, 0.6) is 5.88 Å². The fourth-order valence-electron chi connectivity index (χ4n) is 7.08. The molecule has 7 rings (SSSR count). The lowest BCUT2D eigenvalue weighted by molar-refractivity contribution is -0.141. The van der Waals surface area contributed by atoms with Crippen molar-refractivity contribution >= 4 is 40.7 Å². The molecule has 2 aliphatic heterocycles. The summed E-state index contributed by atoms with van der Waals surface area (Å²) in [6.45, 7) is 4.40. The molecule has 3 aromatic heterocycles. The van der Waals surface area contributed by atoms with E-state index in [1.807, 2.05) is 72.5 Å². The quantitative estimate of drug-likeness (QED) is 0.149. The second-order valence-electron chi connectivity index (χ2n) is 13.3. The Labute approximate surface area is 310 Å². The number of hydrogen-bond acceptors (Lipinski definition) is 8. The molecule has 2 aliphatic rings. The highest BCUT2D eigenvalue weighted by Crippen LogP contribution is 2.42. The molecule has 0 aliphatic carbocycles. The number of amides is 1. The summed E-state index contributed by atoms with van der Waals surface area (Å²) in [5.74, 6) is -0.656. The number of aryl methyl sites for hydroxylation is 1. The third kappa shape index (κ3) is 7.14. The first kappa shape index (κ1) is 35.6. The first-order valence-electron chi connectivity index (χ1n) is 17.2. The Morgan fingerprint density at radius 1 is 1.00 bits per heavy atom. The van der Waals surface area contributed by atoms with E-state index in [4.69, 9.17) is 37.9 Å². The Morgan fingerprint density at radius 2 is 1.73 bits per heavy atom. The molecule has 0 unspecified atom stereocenters. The molecule has 2 saturated heterocycles. The van der Waals surface area contributed by atoms with Crippen molar-refractivity contribution in [1.29, 1.82) is 0 Å². The third-order valence-electron chi connectivity index (χ3n) is 9.93. The molecule has 2 atom stereocenters. The van der Waals surface area contributed by atoms with Crippen LogP contribution in [0.2, 0.25) is 10.0 Å². The number of pyridine rings is 2. The molecule has 5 heterocycles. The summed E-state index contributed by atoms with van der Waals surface area (Å²) in [6, 6.07) is 19.2. The van der Waals surface area contributed by atoms with Crippen molar-refractivity contribution in [2.24, 2.45) is 5.92 Å². The summed E-state index contributed by atoms with van der Waals surface area (Å²) in [6.07, 6.45) is 3.65. The van der Waals surface area contributed by atoms with Gasteiger partial charge in [-0.25, -0.2) is 9.97 Å². The molecule has 0 saturated carbocycles. The van der Waals surface area contributed by atoms with Crippen LogP contribution in [0.25, 0.3) is 39.2 Å². The van der Waals surface area contributed by atoms with Gasteiger partial charge in [-0.1, -0.05) is 65.7 Å². The van der Waals surface area contributed by atoms with Gasteiger partial charge < -0.3 is 20.5 Å². The number of aromatic nitrogens is 3. The summed E-state index contributed by atoms with van der Waals surface area (Å²) < 4.78 is 7.17. The van der Waals surface area contributed by atoms with Crippen molar-refractivity contribution in [3.63, 3.8) is 0 Å². The Bertz CT molecular complexity index is 2260. The fraction of sp³-hybridized carbons (Fsp3) is 0.308. The molecular weight excluding hydrogens is 703 g/mol. The number of ether oxygens (including phenoxy) is 1. The Hall–Kier alpha value is -4.81. The second-order valence-corrected chi connectivity index (χ2v) is 14.1. The minimum absolute atomic E-state index is 0.0881. The molecule has 3 N–H and O–H groups in total. The van der Waals surface area contributed by atoms with Gasteiger partial charge in [0.2, 0.25) is 11.8 Å². The van der Waals surface area contributed by atoms with Crippen LogP contribution in [0.4, 0.5) is 0 Å². The van der Waals surface area contributed by atoms with Crippen LogP contribution < -0.4 is 20.9 Å². The first-order chi connectivity index (χ1) is 25.1. The molecule has 0 radical (unpaired) electrons. The third-order valence-corrected chi connectivity index (χ3v) is 10.7. The van der Waals surface area contributed by atoms with E-state index < -0.39 is 11.9 Å². The van der Waals surface area contributed by atoms with Crippen LogP contribution in [0, 0.1) is 12.8 Å². The van der Waals surface area contributed by atoms with Gasteiger partial charge in [0.15, 0.2) is 0 Å². The number of carboxylic acids is 1. The fourth-order valence-corrected chi connectivity index (χ4v) is 7.74. The number of halogens is 2. The zero-order valence-electron chi connectivity index (χ0n) is 28.8. The largest absolute Gasteiger partial charge is 0.481 e. The van der Waals surface area contributed by atoms with Crippen LogP contribution in [-0.2, 0) is 22.7 Å². The summed E-state index contributed by atoms with van der Waals surface area (Å²) in [4.78, 5) is 48.1. The maximum Gasteiger partial charge on any atom is 0.307 e. The van der Waals surface area contributed by atoms with E-state index in [0.717, 1.165) is 39.8 Å². The van der Waals surface area contributed by atoms with Crippen molar-refractivity contribution < 1.29 is 19.4 Å². The van der Waals surface area contributed by atoms with Gasteiger partial charge in [-0.05, 0) is 50.1 Å². The van der Waals surface area contributed by atoms with Crippen LogP contribution in [0.1, 0.15) is 36.1 Å². The summed E-state index contributed by atoms with van der Waals surface area (Å²) in [5, 5.41) is 16.7. The topological polar surface area (TPSA) is 138 Å². The molecule has 1 amide bonds. The van der Waals surface area contributed by atoms with Gasteiger partial charge in [-0.3, -0.25) is 23.7 Å². The van der Waals surface area contributed by atoms with Crippen molar-refractivity contribution in [2.75, 3.05) is 26.7 Å². The van der Waals surface area contributed by atoms with Crippen molar-refractivity contribution in [3.8, 4) is 39.4 Å². The standard InChI is InChI=1S/C39H38Cl2N6O5/c1-22-31(21-46-15-13-25(20-46)39(50)51)38(49)47-16-14-23(17-33(47)43-22)27-5-3-6-28(35(27)40)29-7-4-8-30(36(29)41)32-11-9-24(37(45-32)52-2)18-42-19-26-10-12-34(48)44-26/h3-9,11,14,16-17,25-26,42H,10,12-13,15,18-21H2,1-2H3,(H,44,48)(H,50,51)/t25-,26+/m1/s1. The zero-order chi connectivity index (χ0) is 36.5. The molecule has 11 nitrogen and oxygen atoms in total. The lowest BCUT2D eigenvalue weighted by atomic mass is 9.97. The number of hydrogen-bond donors (Lipinski definition) is 3. The second kappa shape index (κ2) is 15.0. The maximum absolute atomic E-state index is 13.6. The van der Waals surface area contributed by atoms with E-state index in [2.05, 4.69) is 10.6 Å². The van der Waals surface area contributed by atoms with E-state index in [0.29, 0.717) is 84.1 Å². The van der Waals surface area contributed by atoms with E-state index in [-0.39, 0.29) is 17.5 Å². The maximum atomic E-state index is 13.6. The van der Waals surface area contributed by atoms with Gasteiger partial charge in [-0.2, -0.15) is 0 Å². The van der Waals surface area contributed by atoms with Gasteiger partial charge in [-0.15, -0.1) is 0 Å². The highest BCUT2D eigenvalue weighted by molar-refractivity contribution is 6.39. The molecule has 52 heavy (non-hydrogen) atoms. The smallest absolute Gasteiger partial charge is 0.307 e. The summed E-state index contributed by atoms with van der Waals surface area (Å²) in [7, 11) is 1.58. The van der Waals surface area contributed by atoms with E-state index in [1.54, 1.807) is 13.3 Å². The molecule has 5 aromatic rings. The number of carbonyl (C=O) groups is 2. The number of aliphatic carboxylic acids is 1. The van der Waals surface area contributed by atoms with Gasteiger partial charge >= 0.3 is 5.97 Å². The van der Waals surface area contributed by atoms with Gasteiger partial charge in [0.05, 0.1) is 34.3 Å². The van der Waals surface area contributed by atoms with Gasteiger partial charge in [0.25, 0.3) is 5.56 Å². The molecule has 13 heteroatoms. The number of nitrogens with zero attached hydrogens (tertiary/aromatic N) is 4. The van der Waals surface area contributed by atoms with Crippen molar-refractivity contribution in [3.05, 3.63) is 104 Å². The summed E-state index contributed by atoms with van der Waals surface area (Å²) in [5.41, 5.74) is 6.74. The molecule has 2 fully saturated rings. The predicted octanol–water partition coefficient (Wildman–Crippen LogP) is 5.99. The number of carbonyl (C=O) groups excluding carboxylic acids is 1. The monoisotopic (exact) mass is 740 g/mol. The van der Waals surface area contributed by atoms with Crippen LogP contribution in [-0.4, -0.2) is 69.0 Å². The number of nitrogens with one attached hydrogen (secondary N) is 2. The van der Waals surface area contributed by atoms with Crippen molar-refractivity contribution in [1.82, 2.24) is 29.9 Å². The van der Waals surface area contributed by atoms with E-state index in [1.165, 1.54) is 4.40 Å². The van der Waals surface area contributed by atoms with Gasteiger partial charge in [0, 0.05) is 78.3 Å². The molecular formula is C39H38Cl2N6O5. The lowest BCUT2D eigenvalue weighted by Gasteiger charge is -2.17. The number of methoxy groups -OCH3 is 1. The molecule has 268 valence electrons. The molecule has 0 bridgehead atoms.